The van der Waals surface area contributed by atoms with Gasteiger partial charge in [0.2, 0.25) is 0 Å². The van der Waals surface area contributed by atoms with Gasteiger partial charge in [0, 0.05) is 43.0 Å². The minimum atomic E-state index is -0.398. The third kappa shape index (κ3) is 6.44. The molecule has 0 bridgehead atoms. The first-order valence-electron chi connectivity index (χ1n) is 15.0. The van der Waals surface area contributed by atoms with Gasteiger partial charge < -0.3 is 34.5 Å². The fraction of sp³-hybridized carbons (Fsp3) is 0.294. The van der Waals surface area contributed by atoms with Crippen LogP contribution in [0.2, 0.25) is 0 Å². The van der Waals surface area contributed by atoms with E-state index in [0.29, 0.717) is 48.4 Å². The van der Waals surface area contributed by atoms with Crippen molar-refractivity contribution in [2.75, 3.05) is 44.7 Å². The maximum absolute atomic E-state index is 13.1. The largest absolute Gasteiger partial charge is 0.497 e. The Hall–Kier alpha value is -5.20. The van der Waals surface area contributed by atoms with Crippen molar-refractivity contribution in [1.82, 2.24) is 24.9 Å². The van der Waals surface area contributed by atoms with E-state index in [1.165, 1.54) is 0 Å². The molecule has 3 aromatic heterocycles. The molecule has 238 valence electrons. The highest BCUT2D eigenvalue weighted by atomic mass is 16.7. The van der Waals surface area contributed by atoms with Crippen molar-refractivity contribution in [3.63, 3.8) is 0 Å². The Morgan fingerprint density at radius 2 is 1.80 bits per heavy atom. The van der Waals surface area contributed by atoms with Crippen molar-refractivity contribution in [1.29, 1.82) is 0 Å². The van der Waals surface area contributed by atoms with Crippen LogP contribution >= 0.6 is 0 Å². The first-order chi connectivity index (χ1) is 22.3. The molecule has 1 fully saturated rings. The zero-order valence-corrected chi connectivity index (χ0v) is 26.5. The second-order valence-electron chi connectivity index (χ2n) is 11.2. The molecule has 5 aromatic rings. The van der Waals surface area contributed by atoms with Gasteiger partial charge in [-0.1, -0.05) is 24.3 Å². The number of anilines is 3. The predicted octanol–water partition coefficient (Wildman–Crippen LogP) is 5.37. The van der Waals surface area contributed by atoms with Crippen LogP contribution < -0.4 is 25.0 Å². The first-order valence-corrected chi connectivity index (χ1v) is 15.0. The van der Waals surface area contributed by atoms with E-state index < -0.39 is 6.29 Å². The smallest absolute Gasteiger partial charge is 0.271 e. The molecular formula is C34H37N7O5. The molecule has 0 unspecified atom stereocenters. The first kappa shape index (κ1) is 30.8. The minimum absolute atomic E-state index is 0.0514. The van der Waals surface area contributed by atoms with Gasteiger partial charge >= 0.3 is 0 Å². The predicted molar refractivity (Wildman–Crippen MR) is 175 cm³/mol. The monoisotopic (exact) mass is 623 g/mol. The molecule has 4 heterocycles. The molecule has 12 nitrogen and oxygen atoms in total. The summed E-state index contributed by atoms with van der Waals surface area (Å²) in [4.78, 5) is 24.5. The number of methoxy groups -OCH3 is 2. The van der Waals surface area contributed by atoms with Crippen LogP contribution in [0.15, 0.2) is 73.1 Å². The van der Waals surface area contributed by atoms with Crippen LogP contribution in [0.3, 0.4) is 0 Å². The second kappa shape index (κ2) is 13.4. The number of para-hydroxylation sites is 1. The lowest BCUT2D eigenvalue weighted by molar-refractivity contribution is -0.0443. The number of hydrogen-bond donors (Lipinski definition) is 2. The summed E-state index contributed by atoms with van der Waals surface area (Å²) in [7, 11) is 5.24. The number of rotatable bonds is 11. The number of imidazole rings is 1. The maximum atomic E-state index is 13.1. The Bertz CT molecular complexity index is 1820. The SMILES string of the molecule is COc1ccc(CN(C)c2cc(Nc3cccc(-c4ccc(C5OCCO5)cn4)c3OC)nn3c(C(=O)NC(C)C)cnc23)cc1. The number of aromatic nitrogens is 4. The van der Waals surface area contributed by atoms with E-state index in [1.807, 2.05) is 81.6 Å². The van der Waals surface area contributed by atoms with Gasteiger partial charge in [-0.3, -0.25) is 9.78 Å². The van der Waals surface area contributed by atoms with Gasteiger partial charge in [0.25, 0.3) is 5.91 Å². The van der Waals surface area contributed by atoms with Gasteiger partial charge in [-0.25, -0.2) is 9.50 Å². The standard InChI is InChI=1S/C34H37N7O5/c1-21(2)37-33(42)29-19-36-32-28(40(3)20-22-9-12-24(43-4)13-10-22)17-30(39-41(29)32)38-27-8-6-7-25(31(27)44-5)26-14-11-23(18-35-26)34-45-15-16-46-34/h6-14,17-19,21,34H,15-16,20H2,1-5H3,(H,37,42)(H,38,39). The molecule has 1 aliphatic heterocycles. The van der Waals surface area contributed by atoms with Crippen molar-refractivity contribution in [3.8, 4) is 22.8 Å². The third-order valence-corrected chi connectivity index (χ3v) is 7.53. The van der Waals surface area contributed by atoms with E-state index in [2.05, 4.69) is 25.5 Å². The molecule has 0 saturated carbocycles. The maximum Gasteiger partial charge on any atom is 0.271 e. The Morgan fingerprint density at radius 1 is 1.02 bits per heavy atom. The topological polar surface area (TPSA) is 124 Å². The number of pyridine rings is 1. The molecule has 2 N–H and O–H groups in total. The number of nitrogens with one attached hydrogen (secondary N) is 2. The van der Waals surface area contributed by atoms with Crippen molar-refractivity contribution in [3.05, 3.63) is 89.9 Å². The van der Waals surface area contributed by atoms with Crippen molar-refractivity contribution in [2.24, 2.45) is 0 Å². The summed E-state index contributed by atoms with van der Waals surface area (Å²) >= 11 is 0. The number of carbonyl (C=O) groups is 1. The minimum Gasteiger partial charge on any atom is -0.497 e. The molecule has 0 spiro atoms. The molecule has 0 radical (unpaired) electrons. The fourth-order valence-corrected chi connectivity index (χ4v) is 5.33. The lowest BCUT2D eigenvalue weighted by Crippen LogP contribution is -2.31. The summed E-state index contributed by atoms with van der Waals surface area (Å²) < 4.78 is 24.0. The summed E-state index contributed by atoms with van der Waals surface area (Å²) in [6, 6.07) is 19.4. The summed E-state index contributed by atoms with van der Waals surface area (Å²) in [6.45, 7) is 5.54. The third-order valence-electron chi connectivity index (χ3n) is 7.53. The van der Waals surface area contributed by atoms with Crippen molar-refractivity contribution in [2.45, 2.75) is 32.7 Å². The van der Waals surface area contributed by atoms with Crippen LogP contribution in [-0.2, 0) is 16.0 Å². The molecule has 12 heteroatoms. The van der Waals surface area contributed by atoms with Crippen molar-refractivity contribution < 1.29 is 23.7 Å². The van der Waals surface area contributed by atoms with Crippen LogP contribution in [0, 0.1) is 0 Å². The van der Waals surface area contributed by atoms with E-state index >= 15 is 0 Å². The molecule has 0 atom stereocenters. The lowest BCUT2D eigenvalue weighted by Gasteiger charge is -2.22. The fourth-order valence-electron chi connectivity index (χ4n) is 5.33. The van der Waals surface area contributed by atoms with E-state index in [-0.39, 0.29) is 11.9 Å². The molecule has 1 saturated heterocycles. The van der Waals surface area contributed by atoms with Gasteiger partial charge in [0.15, 0.2) is 29.2 Å². The zero-order valence-electron chi connectivity index (χ0n) is 26.5. The van der Waals surface area contributed by atoms with E-state index in [0.717, 1.165) is 33.8 Å². The molecule has 6 rings (SSSR count). The Kier molecular flexibility index (Phi) is 8.99. The number of nitrogens with zero attached hydrogens (tertiary/aromatic N) is 5. The highest BCUT2D eigenvalue weighted by molar-refractivity contribution is 5.94. The lowest BCUT2D eigenvalue weighted by atomic mass is 10.1. The molecule has 2 aromatic carbocycles. The van der Waals surface area contributed by atoms with E-state index in [1.54, 1.807) is 31.1 Å². The molecule has 0 aliphatic carbocycles. The summed E-state index contributed by atoms with van der Waals surface area (Å²) in [5, 5.41) is 11.2. The van der Waals surface area contributed by atoms with Crippen LogP contribution in [0.25, 0.3) is 16.9 Å². The highest BCUT2D eigenvalue weighted by Crippen LogP contribution is 2.38. The number of amides is 1. The number of hydrogen-bond acceptors (Lipinski definition) is 10. The quantitative estimate of drug-likeness (QED) is 0.198. The normalized spacial score (nSPS) is 13.3. The van der Waals surface area contributed by atoms with Crippen LogP contribution in [-0.4, -0.2) is 66.0 Å². The van der Waals surface area contributed by atoms with Crippen LogP contribution in [0.1, 0.15) is 41.8 Å². The molecule has 46 heavy (non-hydrogen) atoms. The second-order valence-corrected chi connectivity index (χ2v) is 11.2. The average molecular weight is 624 g/mol. The number of ether oxygens (including phenoxy) is 4. The zero-order chi connectivity index (χ0) is 32.2. The Balaban J connectivity index is 1.36. The Morgan fingerprint density at radius 3 is 2.48 bits per heavy atom. The molecule has 1 amide bonds. The van der Waals surface area contributed by atoms with E-state index in [9.17, 15) is 4.79 Å². The van der Waals surface area contributed by atoms with Gasteiger partial charge in [-0.15, -0.1) is 5.10 Å². The number of carbonyl (C=O) groups excluding carboxylic acids is 1. The summed E-state index contributed by atoms with van der Waals surface area (Å²) in [5.74, 6) is 1.61. The van der Waals surface area contributed by atoms with Gasteiger partial charge in [-0.2, -0.15) is 0 Å². The van der Waals surface area contributed by atoms with Gasteiger partial charge in [-0.05, 0) is 49.7 Å². The molecule has 1 aliphatic rings. The van der Waals surface area contributed by atoms with Gasteiger partial charge in [0.05, 0.1) is 50.7 Å². The molecular weight excluding hydrogens is 586 g/mol. The Labute approximate surface area is 267 Å². The average Bonchev–Trinajstić information content (AvgIpc) is 3.75. The summed E-state index contributed by atoms with van der Waals surface area (Å²) in [6.07, 6.45) is 2.91. The number of fused-ring (bicyclic) bond motifs is 1. The van der Waals surface area contributed by atoms with Crippen molar-refractivity contribution >= 4 is 28.7 Å². The number of benzene rings is 2. The van der Waals surface area contributed by atoms with E-state index in [4.69, 9.17) is 24.0 Å². The van der Waals surface area contributed by atoms with Gasteiger partial charge in [0.1, 0.15) is 5.75 Å². The van der Waals surface area contributed by atoms with Crippen LogP contribution in [0.4, 0.5) is 17.2 Å². The van der Waals surface area contributed by atoms with Crippen LogP contribution in [0.5, 0.6) is 11.5 Å². The summed E-state index contributed by atoms with van der Waals surface area (Å²) in [5.41, 5.74) is 5.80. The highest BCUT2D eigenvalue weighted by Gasteiger charge is 2.22.